The number of nitrogens with zero attached hydrogens (tertiary/aromatic N) is 3. The molecule has 0 atom stereocenters. The number of anilines is 2. The normalized spacial score (nSPS) is 10.7. The fourth-order valence-electron chi connectivity index (χ4n) is 3.73. The molecule has 0 unspecified atom stereocenters. The average Bonchev–Trinajstić information content (AvgIpc) is 3.18. The van der Waals surface area contributed by atoms with E-state index in [9.17, 15) is 0 Å². The van der Waals surface area contributed by atoms with Gasteiger partial charge in [-0.15, -0.1) is 0 Å². The molecule has 156 valence electrons. The summed E-state index contributed by atoms with van der Waals surface area (Å²) in [6.07, 6.45) is 5.55. The molecule has 5 heteroatoms. The van der Waals surface area contributed by atoms with Crippen LogP contribution < -0.4 is 11.1 Å². The molecule has 3 aromatic carbocycles. The van der Waals surface area contributed by atoms with E-state index in [2.05, 4.69) is 69.5 Å². The van der Waals surface area contributed by atoms with E-state index in [1.807, 2.05) is 38.1 Å². The Hall–Kier alpha value is -3.86. The van der Waals surface area contributed by atoms with Crippen molar-refractivity contribution in [1.29, 1.82) is 0 Å². The molecular formula is C26H27N5. The van der Waals surface area contributed by atoms with Crippen molar-refractivity contribution in [3.63, 3.8) is 0 Å². The number of hydrogen-bond donors (Lipinski definition) is 2. The Bertz CT molecular complexity index is 1340. The van der Waals surface area contributed by atoms with Crippen molar-refractivity contribution in [2.24, 2.45) is 7.05 Å². The summed E-state index contributed by atoms with van der Waals surface area (Å²) in [4.78, 5) is 9.14. The lowest BCUT2D eigenvalue weighted by atomic mass is 10.0. The quantitative estimate of drug-likeness (QED) is 0.357. The number of aryl methyl sites for hydroxylation is 1. The summed E-state index contributed by atoms with van der Waals surface area (Å²) >= 11 is 0. The van der Waals surface area contributed by atoms with Crippen LogP contribution in [0.5, 0.6) is 0 Å². The zero-order valence-corrected chi connectivity index (χ0v) is 18.1. The van der Waals surface area contributed by atoms with Crippen molar-refractivity contribution in [2.45, 2.75) is 20.4 Å². The maximum Gasteiger partial charge on any atom is 0.0966 e. The van der Waals surface area contributed by atoms with Gasteiger partial charge in [0.2, 0.25) is 0 Å². The molecule has 0 spiro atoms. The van der Waals surface area contributed by atoms with Crippen LogP contribution in [0.15, 0.2) is 79.3 Å². The summed E-state index contributed by atoms with van der Waals surface area (Å²) in [5.74, 6) is 0. The lowest BCUT2D eigenvalue weighted by molar-refractivity contribution is 0.969. The smallest absolute Gasteiger partial charge is 0.0966 e. The second-order valence-electron chi connectivity index (χ2n) is 7.25. The van der Waals surface area contributed by atoms with Gasteiger partial charge < -0.3 is 15.6 Å². The third-order valence-electron chi connectivity index (χ3n) is 5.22. The summed E-state index contributed by atoms with van der Waals surface area (Å²) in [7, 11) is 2.06. The maximum absolute atomic E-state index is 5.90. The Morgan fingerprint density at radius 2 is 1.77 bits per heavy atom. The minimum atomic E-state index is 0.688. The Labute approximate surface area is 182 Å². The highest BCUT2D eigenvalue weighted by Gasteiger charge is 2.10. The molecule has 5 rings (SSSR count). The number of fused-ring (bicyclic) bond motifs is 2. The SMILES string of the molecule is CC.Cn1ccc2ccc(-c3cc(NCc4cccc(N)c4)cc4nccnc34)cc21. The van der Waals surface area contributed by atoms with Gasteiger partial charge in [-0.3, -0.25) is 9.97 Å². The lowest BCUT2D eigenvalue weighted by Gasteiger charge is -2.12. The van der Waals surface area contributed by atoms with Crippen LogP contribution in [0.2, 0.25) is 0 Å². The van der Waals surface area contributed by atoms with E-state index in [1.54, 1.807) is 12.4 Å². The van der Waals surface area contributed by atoms with Gasteiger partial charge >= 0.3 is 0 Å². The largest absolute Gasteiger partial charge is 0.399 e. The first-order chi connectivity index (χ1) is 15.2. The van der Waals surface area contributed by atoms with Gasteiger partial charge in [0.1, 0.15) is 0 Å². The topological polar surface area (TPSA) is 68.8 Å². The molecule has 5 aromatic rings. The fourth-order valence-corrected chi connectivity index (χ4v) is 3.73. The molecule has 0 bridgehead atoms. The second kappa shape index (κ2) is 8.88. The third kappa shape index (κ3) is 4.21. The van der Waals surface area contributed by atoms with Gasteiger partial charge in [0, 0.05) is 54.6 Å². The van der Waals surface area contributed by atoms with Gasteiger partial charge in [-0.1, -0.05) is 38.1 Å². The molecule has 0 saturated carbocycles. The fraction of sp³-hybridized carbons (Fsp3) is 0.154. The number of nitrogens with two attached hydrogens (primary N) is 1. The number of aromatic nitrogens is 3. The van der Waals surface area contributed by atoms with E-state index in [4.69, 9.17) is 5.73 Å². The summed E-state index contributed by atoms with van der Waals surface area (Å²) < 4.78 is 2.13. The van der Waals surface area contributed by atoms with Crippen LogP contribution in [-0.4, -0.2) is 14.5 Å². The minimum Gasteiger partial charge on any atom is -0.399 e. The Morgan fingerprint density at radius 3 is 2.61 bits per heavy atom. The second-order valence-corrected chi connectivity index (χ2v) is 7.25. The van der Waals surface area contributed by atoms with E-state index in [-0.39, 0.29) is 0 Å². The first-order valence-electron chi connectivity index (χ1n) is 10.6. The van der Waals surface area contributed by atoms with Crippen LogP contribution in [0.4, 0.5) is 11.4 Å². The highest BCUT2D eigenvalue weighted by molar-refractivity contribution is 5.97. The summed E-state index contributed by atoms with van der Waals surface area (Å²) in [6, 6.07) is 20.7. The molecule has 0 aliphatic heterocycles. The monoisotopic (exact) mass is 409 g/mol. The minimum absolute atomic E-state index is 0.688. The van der Waals surface area contributed by atoms with Crippen molar-refractivity contribution in [1.82, 2.24) is 14.5 Å². The molecule has 2 aromatic heterocycles. The number of rotatable bonds is 4. The van der Waals surface area contributed by atoms with Gasteiger partial charge in [0.15, 0.2) is 0 Å². The highest BCUT2D eigenvalue weighted by atomic mass is 14.9. The molecule has 0 fully saturated rings. The molecule has 2 heterocycles. The summed E-state index contributed by atoms with van der Waals surface area (Å²) in [5, 5.41) is 4.73. The van der Waals surface area contributed by atoms with E-state index in [1.165, 1.54) is 10.9 Å². The van der Waals surface area contributed by atoms with E-state index in [0.29, 0.717) is 6.54 Å². The Kier molecular flexibility index (Phi) is 5.85. The standard InChI is InChI=1S/C24H21N5.C2H6/c1-29-10-7-17-5-6-18(12-23(17)29)21-13-20(14-22-24(21)27-9-8-26-22)28-15-16-3-2-4-19(25)11-16;1-2/h2-14,28H,15,25H2,1H3;1-2H3. The van der Waals surface area contributed by atoms with Crippen LogP contribution in [0.3, 0.4) is 0 Å². The van der Waals surface area contributed by atoms with Crippen molar-refractivity contribution in [2.75, 3.05) is 11.1 Å². The zero-order chi connectivity index (χ0) is 21.8. The molecule has 31 heavy (non-hydrogen) atoms. The molecule has 0 radical (unpaired) electrons. The highest BCUT2D eigenvalue weighted by Crippen LogP contribution is 2.32. The Morgan fingerprint density at radius 1 is 0.935 bits per heavy atom. The van der Waals surface area contributed by atoms with Crippen molar-refractivity contribution >= 4 is 33.3 Å². The molecular weight excluding hydrogens is 382 g/mol. The number of nitrogen functional groups attached to an aromatic ring is 1. The van der Waals surface area contributed by atoms with Crippen molar-refractivity contribution in [3.8, 4) is 11.1 Å². The number of benzene rings is 3. The van der Waals surface area contributed by atoms with Gasteiger partial charge in [0.05, 0.1) is 11.0 Å². The van der Waals surface area contributed by atoms with Crippen molar-refractivity contribution in [3.05, 3.63) is 84.8 Å². The summed E-state index contributed by atoms with van der Waals surface area (Å²) in [6.45, 7) is 4.69. The van der Waals surface area contributed by atoms with Gasteiger partial charge in [-0.05, 0) is 52.9 Å². The molecule has 5 nitrogen and oxygen atoms in total. The number of hydrogen-bond acceptors (Lipinski definition) is 4. The van der Waals surface area contributed by atoms with Gasteiger partial charge in [-0.25, -0.2) is 0 Å². The van der Waals surface area contributed by atoms with Crippen LogP contribution in [0.25, 0.3) is 33.1 Å². The van der Waals surface area contributed by atoms with E-state index < -0.39 is 0 Å². The summed E-state index contributed by atoms with van der Waals surface area (Å²) in [5.41, 5.74) is 14.0. The molecule has 0 aliphatic rings. The zero-order valence-electron chi connectivity index (χ0n) is 18.1. The predicted molar refractivity (Wildman–Crippen MR) is 131 cm³/mol. The van der Waals surface area contributed by atoms with Gasteiger partial charge in [-0.2, -0.15) is 0 Å². The van der Waals surface area contributed by atoms with Crippen molar-refractivity contribution < 1.29 is 0 Å². The molecule has 0 amide bonds. The predicted octanol–water partition coefficient (Wildman–Crippen LogP) is 6.01. The molecule has 3 N–H and O–H groups in total. The maximum atomic E-state index is 5.90. The number of nitrogens with one attached hydrogen (secondary N) is 1. The lowest BCUT2D eigenvalue weighted by Crippen LogP contribution is -2.01. The van der Waals surface area contributed by atoms with Crippen LogP contribution >= 0.6 is 0 Å². The first-order valence-corrected chi connectivity index (χ1v) is 10.6. The molecule has 0 aliphatic carbocycles. The first kappa shape index (κ1) is 20.4. The molecule has 0 saturated heterocycles. The Balaban J connectivity index is 0.00000112. The van der Waals surface area contributed by atoms with Crippen LogP contribution in [0.1, 0.15) is 19.4 Å². The van der Waals surface area contributed by atoms with E-state index >= 15 is 0 Å². The average molecular weight is 410 g/mol. The van der Waals surface area contributed by atoms with E-state index in [0.717, 1.165) is 39.1 Å². The third-order valence-corrected chi connectivity index (χ3v) is 5.22. The van der Waals surface area contributed by atoms with Gasteiger partial charge in [0.25, 0.3) is 0 Å². The van der Waals surface area contributed by atoms with Crippen LogP contribution in [-0.2, 0) is 13.6 Å². The van der Waals surface area contributed by atoms with Crippen LogP contribution in [0, 0.1) is 0 Å².